The maximum absolute atomic E-state index is 10.2. The molecule has 0 aromatic carbocycles. The van der Waals surface area contributed by atoms with Crippen molar-refractivity contribution in [3.63, 3.8) is 0 Å². The summed E-state index contributed by atoms with van der Waals surface area (Å²) in [6.45, 7) is 0. The topological polar surface area (TPSA) is 69.4 Å². The predicted octanol–water partition coefficient (Wildman–Crippen LogP) is -0.864. The summed E-state index contributed by atoms with van der Waals surface area (Å²) < 4.78 is 24.0. The molecule has 0 amide bonds. The average Bonchev–Trinajstić information content (AvgIpc) is 1.67. The second-order valence-electron chi connectivity index (χ2n) is 1.08. The van der Waals surface area contributed by atoms with Crippen molar-refractivity contribution in [3.05, 3.63) is 0 Å². The fourth-order valence-electron chi connectivity index (χ4n) is 0.160. The first-order valence-electron chi connectivity index (χ1n) is 1.84. The molecule has 2 N–H and O–H groups in total. The van der Waals surface area contributed by atoms with E-state index in [9.17, 15) is 8.42 Å². The Balaban J connectivity index is 3.76. The van der Waals surface area contributed by atoms with E-state index < -0.39 is 10.1 Å². The molecule has 0 saturated carbocycles. The average molecular weight is 157 g/mol. The van der Waals surface area contributed by atoms with Gasteiger partial charge in [-0.3, -0.25) is 0 Å². The number of hydrogen-bond donors (Lipinski definition) is 2. The molecule has 4 nitrogen and oxygen atoms in total. The molecule has 0 spiro atoms. The van der Waals surface area contributed by atoms with Crippen LogP contribution < -0.4 is 5.90 Å². The van der Waals surface area contributed by atoms with Crippen LogP contribution in [0.2, 0.25) is 0 Å². The van der Waals surface area contributed by atoms with Crippen LogP contribution >= 0.6 is 12.6 Å². The lowest BCUT2D eigenvalue weighted by molar-refractivity contribution is 0.334. The van der Waals surface area contributed by atoms with E-state index >= 15 is 0 Å². The van der Waals surface area contributed by atoms with Crippen molar-refractivity contribution >= 4 is 22.7 Å². The van der Waals surface area contributed by atoms with Crippen LogP contribution in [-0.4, -0.2) is 19.9 Å². The van der Waals surface area contributed by atoms with E-state index in [2.05, 4.69) is 22.8 Å². The van der Waals surface area contributed by atoms with Crippen LogP contribution in [0.1, 0.15) is 0 Å². The van der Waals surface area contributed by atoms with Crippen LogP contribution in [0.5, 0.6) is 0 Å². The van der Waals surface area contributed by atoms with Crippen molar-refractivity contribution in [3.8, 4) is 0 Å². The third-order valence-corrected chi connectivity index (χ3v) is 2.01. The standard InChI is InChI=1S/C2H7NO3S2/c3-6-8(4,5)2-1-7/h7H,1-3H2. The second kappa shape index (κ2) is 3.29. The zero-order valence-electron chi connectivity index (χ0n) is 4.07. The van der Waals surface area contributed by atoms with E-state index in [0.717, 1.165) is 0 Å². The Bertz CT molecular complexity index is 139. The Morgan fingerprint density at radius 2 is 2.12 bits per heavy atom. The first-order chi connectivity index (χ1) is 3.62. The summed E-state index contributed by atoms with van der Waals surface area (Å²) in [5.74, 6) is 4.45. The van der Waals surface area contributed by atoms with Crippen LogP contribution in [0, 0.1) is 0 Å². The molecule has 0 heterocycles. The fraction of sp³-hybridized carbons (Fsp3) is 1.00. The van der Waals surface area contributed by atoms with Crippen LogP contribution in [0.25, 0.3) is 0 Å². The van der Waals surface area contributed by atoms with Gasteiger partial charge in [-0.25, -0.2) is 0 Å². The molecule has 0 aromatic rings. The lowest BCUT2D eigenvalue weighted by atomic mass is 11.0. The van der Waals surface area contributed by atoms with Gasteiger partial charge < -0.3 is 0 Å². The third-order valence-electron chi connectivity index (χ3n) is 0.488. The van der Waals surface area contributed by atoms with Gasteiger partial charge in [0.15, 0.2) is 0 Å². The van der Waals surface area contributed by atoms with Gasteiger partial charge in [-0.2, -0.15) is 31.2 Å². The molecule has 0 aliphatic heterocycles. The first kappa shape index (κ1) is 8.22. The molecular formula is C2H7NO3S2. The fourth-order valence-corrected chi connectivity index (χ4v) is 1.15. The van der Waals surface area contributed by atoms with Crippen molar-refractivity contribution in [2.24, 2.45) is 5.90 Å². The smallest absolute Gasteiger partial charge is 0.198 e. The Kier molecular flexibility index (Phi) is 3.38. The van der Waals surface area contributed by atoms with Gasteiger partial charge in [-0.15, -0.1) is 0 Å². The highest BCUT2D eigenvalue weighted by molar-refractivity contribution is 7.88. The van der Waals surface area contributed by atoms with E-state index in [1.807, 2.05) is 0 Å². The molecule has 0 atom stereocenters. The predicted molar refractivity (Wildman–Crippen MR) is 32.9 cm³/mol. The Morgan fingerprint density at radius 3 is 2.25 bits per heavy atom. The molecule has 0 bridgehead atoms. The highest BCUT2D eigenvalue weighted by Gasteiger charge is 2.05. The van der Waals surface area contributed by atoms with Gasteiger partial charge in [0, 0.05) is 5.75 Å². The first-order valence-corrected chi connectivity index (χ1v) is 4.05. The molecule has 0 aromatic heterocycles. The molecule has 0 saturated heterocycles. The number of hydrogen-bond acceptors (Lipinski definition) is 5. The Labute approximate surface area is 53.5 Å². The van der Waals surface area contributed by atoms with Gasteiger partial charge in [-0.1, -0.05) is 0 Å². The van der Waals surface area contributed by atoms with Crippen LogP contribution in [0.4, 0.5) is 0 Å². The van der Waals surface area contributed by atoms with Crippen molar-refractivity contribution in [2.75, 3.05) is 11.5 Å². The molecule has 8 heavy (non-hydrogen) atoms. The lowest BCUT2D eigenvalue weighted by Crippen LogP contribution is -2.15. The summed E-state index contributed by atoms with van der Waals surface area (Å²) in [5.41, 5.74) is 0. The zero-order chi connectivity index (χ0) is 6.62. The normalized spacial score (nSPS) is 11.8. The lowest BCUT2D eigenvalue weighted by Gasteiger charge is -1.93. The minimum Gasteiger partial charge on any atom is -0.198 e. The van der Waals surface area contributed by atoms with Gasteiger partial charge in [0.1, 0.15) is 0 Å². The van der Waals surface area contributed by atoms with E-state index in [4.69, 9.17) is 0 Å². The van der Waals surface area contributed by atoms with E-state index in [-0.39, 0.29) is 11.5 Å². The summed E-state index contributed by atoms with van der Waals surface area (Å²) in [6, 6.07) is 0. The highest BCUT2D eigenvalue weighted by Crippen LogP contribution is 1.87. The summed E-state index contributed by atoms with van der Waals surface area (Å²) in [7, 11) is -3.47. The molecule has 50 valence electrons. The monoisotopic (exact) mass is 157 g/mol. The van der Waals surface area contributed by atoms with Crippen molar-refractivity contribution < 1.29 is 12.7 Å². The van der Waals surface area contributed by atoms with E-state index in [1.165, 1.54) is 0 Å². The molecule has 0 aliphatic carbocycles. The van der Waals surface area contributed by atoms with Gasteiger partial charge in [0.2, 0.25) is 0 Å². The number of nitrogens with two attached hydrogens (primary N) is 1. The largest absolute Gasteiger partial charge is 0.283 e. The highest BCUT2D eigenvalue weighted by atomic mass is 32.2. The van der Waals surface area contributed by atoms with Gasteiger partial charge in [0.25, 0.3) is 10.1 Å². The molecule has 0 aliphatic rings. The Hall–Kier alpha value is 0.220. The van der Waals surface area contributed by atoms with E-state index in [0.29, 0.717) is 0 Å². The van der Waals surface area contributed by atoms with Crippen molar-refractivity contribution in [1.29, 1.82) is 0 Å². The SMILES string of the molecule is NOS(=O)(=O)CCS. The van der Waals surface area contributed by atoms with Gasteiger partial charge in [0.05, 0.1) is 5.75 Å². The van der Waals surface area contributed by atoms with Crippen LogP contribution in [-0.2, 0) is 14.4 Å². The molecule has 0 radical (unpaired) electrons. The molecule has 0 fully saturated rings. The Morgan fingerprint density at radius 1 is 1.62 bits per heavy atom. The molecule has 0 rings (SSSR count). The third kappa shape index (κ3) is 3.25. The summed E-state index contributed by atoms with van der Waals surface area (Å²) >= 11 is 3.65. The van der Waals surface area contributed by atoms with E-state index in [1.54, 1.807) is 0 Å². The van der Waals surface area contributed by atoms with Gasteiger partial charge >= 0.3 is 0 Å². The number of thiol groups is 1. The summed E-state index contributed by atoms with van der Waals surface area (Å²) in [4.78, 5) is 0. The summed E-state index contributed by atoms with van der Waals surface area (Å²) in [5, 5.41) is 0. The van der Waals surface area contributed by atoms with Crippen LogP contribution in [0.3, 0.4) is 0 Å². The van der Waals surface area contributed by atoms with Crippen molar-refractivity contribution in [2.45, 2.75) is 0 Å². The van der Waals surface area contributed by atoms with Crippen LogP contribution in [0.15, 0.2) is 0 Å². The zero-order valence-corrected chi connectivity index (χ0v) is 5.78. The maximum atomic E-state index is 10.2. The molecule has 0 unspecified atom stereocenters. The number of rotatable bonds is 3. The van der Waals surface area contributed by atoms with Crippen molar-refractivity contribution in [1.82, 2.24) is 0 Å². The molecular weight excluding hydrogens is 150 g/mol. The molecule has 6 heteroatoms. The van der Waals surface area contributed by atoms with Gasteiger partial charge in [-0.05, 0) is 0 Å². The second-order valence-corrected chi connectivity index (χ2v) is 3.24. The summed E-state index contributed by atoms with van der Waals surface area (Å²) in [6.07, 6.45) is 0. The minimum atomic E-state index is -3.47. The quantitative estimate of drug-likeness (QED) is 0.413. The minimum absolute atomic E-state index is 0.146. The maximum Gasteiger partial charge on any atom is 0.283 e.